The number of ether oxygens (including phenoxy) is 2. The van der Waals surface area contributed by atoms with Gasteiger partial charge < -0.3 is 14.8 Å². The molecule has 0 aromatic heterocycles. The molecular formula is C18H13ClF3NO4. The molecule has 0 heterocycles. The van der Waals surface area contributed by atoms with Crippen molar-refractivity contribution in [2.75, 3.05) is 11.9 Å². The Bertz CT molecular complexity index is 841. The van der Waals surface area contributed by atoms with E-state index < -0.39 is 30.9 Å². The van der Waals surface area contributed by atoms with Crippen LogP contribution in [-0.4, -0.2) is 25.1 Å². The SMILES string of the molecule is O=C(COC(=O)/C=C/c1ccc(OC(F)F)cc1)Nc1ccc(F)c(Cl)c1. The van der Waals surface area contributed by atoms with Crippen molar-refractivity contribution in [2.24, 2.45) is 0 Å². The summed E-state index contributed by atoms with van der Waals surface area (Å²) in [5.74, 6) is -2.05. The van der Waals surface area contributed by atoms with Gasteiger partial charge in [-0.25, -0.2) is 9.18 Å². The van der Waals surface area contributed by atoms with E-state index in [2.05, 4.69) is 10.1 Å². The summed E-state index contributed by atoms with van der Waals surface area (Å²) < 4.78 is 46.1. The predicted octanol–water partition coefficient (Wildman–Crippen LogP) is 4.28. The molecule has 0 spiro atoms. The monoisotopic (exact) mass is 399 g/mol. The summed E-state index contributed by atoms with van der Waals surface area (Å²) in [6.45, 7) is -3.47. The molecule has 2 rings (SSSR count). The third kappa shape index (κ3) is 7.02. The van der Waals surface area contributed by atoms with Crippen molar-refractivity contribution in [3.8, 4) is 5.75 Å². The highest BCUT2D eigenvalue weighted by molar-refractivity contribution is 6.31. The van der Waals surface area contributed by atoms with Crippen LogP contribution in [0.3, 0.4) is 0 Å². The van der Waals surface area contributed by atoms with Crippen LogP contribution in [0.15, 0.2) is 48.5 Å². The number of alkyl halides is 2. The molecule has 1 N–H and O–H groups in total. The molecule has 2 aromatic rings. The summed E-state index contributed by atoms with van der Waals surface area (Å²) in [5.41, 5.74) is 0.795. The third-order valence-corrected chi connectivity index (χ3v) is 3.36. The van der Waals surface area contributed by atoms with E-state index in [0.29, 0.717) is 5.56 Å². The summed E-state index contributed by atoms with van der Waals surface area (Å²) in [5, 5.41) is 2.24. The maximum Gasteiger partial charge on any atom is 0.387 e. The molecule has 1 amide bonds. The number of amides is 1. The van der Waals surface area contributed by atoms with E-state index in [1.165, 1.54) is 42.5 Å². The molecule has 9 heteroatoms. The summed E-state index contributed by atoms with van der Waals surface area (Å²) in [6.07, 6.45) is 2.46. The van der Waals surface area contributed by atoms with Gasteiger partial charge in [-0.05, 0) is 42.0 Å². The number of hydrogen-bond donors (Lipinski definition) is 1. The minimum atomic E-state index is -2.92. The lowest BCUT2D eigenvalue weighted by Crippen LogP contribution is -2.20. The third-order valence-electron chi connectivity index (χ3n) is 3.07. The Balaban J connectivity index is 1.80. The maximum atomic E-state index is 13.0. The van der Waals surface area contributed by atoms with E-state index in [0.717, 1.165) is 12.1 Å². The normalized spacial score (nSPS) is 10.9. The molecule has 2 aromatic carbocycles. The second kappa shape index (κ2) is 9.63. The molecular weight excluding hydrogens is 387 g/mol. The summed E-state index contributed by atoms with van der Waals surface area (Å²) in [7, 11) is 0. The second-order valence-corrected chi connectivity index (χ2v) is 5.47. The molecule has 0 fully saturated rings. The number of benzene rings is 2. The molecule has 5 nitrogen and oxygen atoms in total. The van der Waals surface area contributed by atoms with Gasteiger partial charge in [0.15, 0.2) is 6.61 Å². The van der Waals surface area contributed by atoms with Crippen molar-refractivity contribution in [1.82, 2.24) is 0 Å². The highest BCUT2D eigenvalue weighted by Crippen LogP contribution is 2.19. The Morgan fingerprint density at radius 3 is 2.48 bits per heavy atom. The largest absolute Gasteiger partial charge is 0.452 e. The van der Waals surface area contributed by atoms with Crippen molar-refractivity contribution in [3.63, 3.8) is 0 Å². The van der Waals surface area contributed by atoms with Gasteiger partial charge in [0.05, 0.1) is 5.02 Å². The zero-order valence-electron chi connectivity index (χ0n) is 13.6. The summed E-state index contributed by atoms with van der Waals surface area (Å²) in [4.78, 5) is 23.3. The number of halogens is 4. The molecule has 27 heavy (non-hydrogen) atoms. The quantitative estimate of drug-likeness (QED) is 0.557. The van der Waals surface area contributed by atoms with E-state index in [4.69, 9.17) is 16.3 Å². The van der Waals surface area contributed by atoms with Crippen molar-refractivity contribution in [3.05, 3.63) is 64.9 Å². The Kier molecular flexibility index (Phi) is 7.25. The first-order valence-corrected chi connectivity index (χ1v) is 7.86. The smallest absolute Gasteiger partial charge is 0.387 e. The van der Waals surface area contributed by atoms with E-state index in [-0.39, 0.29) is 16.5 Å². The van der Waals surface area contributed by atoms with Crippen LogP contribution >= 0.6 is 11.6 Å². The first kappa shape index (κ1) is 20.3. The van der Waals surface area contributed by atoms with Crippen molar-refractivity contribution in [1.29, 1.82) is 0 Å². The van der Waals surface area contributed by atoms with E-state index in [9.17, 15) is 22.8 Å². The van der Waals surface area contributed by atoms with E-state index >= 15 is 0 Å². The molecule has 0 atom stereocenters. The van der Waals surface area contributed by atoms with E-state index in [1.54, 1.807) is 0 Å². The van der Waals surface area contributed by atoms with Gasteiger partial charge in [-0.1, -0.05) is 23.7 Å². The number of carbonyl (C=O) groups is 2. The average molecular weight is 400 g/mol. The number of nitrogens with one attached hydrogen (secondary N) is 1. The van der Waals surface area contributed by atoms with Gasteiger partial charge in [-0.3, -0.25) is 4.79 Å². The van der Waals surface area contributed by atoms with Crippen LogP contribution < -0.4 is 10.1 Å². The fraction of sp³-hybridized carbons (Fsp3) is 0.111. The Morgan fingerprint density at radius 1 is 1.15 bits per heavy atom. The van der Waals surface area contributed by atoms with Gasteiger partial charge in [0.1, 0.15) is 11.6 Å². The standard InChI is InChI=1S/C18H13ClF3NO4/c19-14-9-12(4-7-15(14)20)23-16(24)10-26-17(25)8-3-11-1-5-13(6-2-11)27-18(21)22/h1-9,18H,10H2,(H,23,24)/b8-3+. The lowest BCUT2D eigenvalue weighted by molar-refractivity contribution is -0.142. The molecule has 0 aliphatic rings. The van der Waals surface area contributed by atoms with Gasteiger partial charge >= 0.3 is 12.6 Å². The molecule has 0 aliphatic heterocycles. The van der Waals surface area contributed by atoms with Gasteiger partial charge in [0.2, 0.25) is 0 Å². The van der Waals surface area contributed by atoms with E-state index in [1.807, 2.05) is 0 Å². The fourth-order valence-electron chi connectivity index (χ4n) is 1.88. The molecule has 0 unspecified atom stereocenters. The fourth-order valence-corrected chi connectivity index (χ4v) is 2.06. The van der Waals surface area contributed by atoms with Gasteiger partial charge in [-0.2, -0.15) is 8.78 Å². The average Bonchev–Trinajstić information content (AvgIpc) is 2.62. The number of rotatable bonds is 7. The number of anilines is 1. The van der Waals surface area contributed by atoms with Crippen LogP contribution in [-0.2, 0) is 14.3 Å². The molecule has 0 aliphatic carbocycles. The van der Waals surface area contributed by atoms with Gasteiger partial charge in [0, 0.05) is 11.8 Å². The van der Waals surface area contributed by atoms with Crippen LogP contribution in [0.5, 0.6) is 5.75 Å². The van der Waals surface area contributed by atoms with Crippen LogP contribution in [0.25, 0.3) is 6.08 Å². The summed E-state index contributed by atoms with van der Waals surface area (Å²) in [6, 6.07) is 9.18. The first-order valence-electron chi connectivity index (χ1n) is 7.48. The highest BCUT2D eigenvalue weighted by atomic mass is 35.5. The van der Waals surface area contributed by atoms with Crippen LogP contribution in [0, 0.1) is 5.82 Å². The number of esters is 1. The minimum absolute atomic E-state index is 0.0118. The van der Waals surface area contributed by atoms with Crippen LogP contribution in [0.2, 0.25) is 5.02 Å². The Labute approximate surface area is 157 Å². The number of hydrogen-bond acceptors (Lipinski definition) is 4. The highest BCUT2D eigenvalue weighted by Gasteiger charge is 2.08. The summed E-state index contributed by atoms with van der Waals surface area (Å²) >= 11 is 5.59. The lowest BCUT2D eigenvalue weighted by atomic mass is 10.2. The van der Waals surface area contributed by atoms with Gasteiger partial charge in [-0.15, -0.1) is 0 Å². The number of carbonyl (C=O) groups excluding carboxylic acids is 2. The van der Waals surface area contributed by atoms with Crippen molar-refractivity contribution in [2.45, 2.75) is 6.61 Å². The van der Waals surface area contributed by atoms with Crippen LogP contribution in [0.4, 0.5) is 18.9 Å². The molecule has 0 saturated carbocycles. The van der Waals surface area contributed by atoms with Crippen molar-refractivity contribution < 1.29 is 32.2 Å². The van der Waals surface area contributed by atoms with Gasteiger partial charge in [0.25, 0.3) is 5.91 Å². The zero-order valence-corrected chi connectivity index (χ0v) is 14.4. The molecule has 0 saturated heterocycles. The Morgan fingerprint density at radius 2 is 1.85 bits per heavy atom. The van der Waals surface area contributed by atoms with Crippen LogP contribution in [0.1, 0.15) is 5.56 Å². The second-order valence-electron chi connectivity index (χ2n) is 5.07. The lowest BCUT2D eigenvalue weighted by Gasteiger charge is -2.06. The molecule has 0 bridgehead atoms. The topological polar surface area (TPSA) is 64.6 Å². The Hall–Kier alpha value is -3.00. The van der Waals surface area contributed by atoms with Crippen molar-refractivity contribution >= 4 is 35.2 Å². The zero-order chi connectivity index (χ0) is 19.8. The molecule has 142 valence electrons. The molecule has 0 radical (unpaired) electrons. The maximum absolute atomic E-state index is 13.0. The minimum Gasteiger partial charge on any atom is -0.452 e. The first-order chi connectivity index (χ1) is 12.8. The predicted molar refractivity (Wildman–Crippen MR) is 93.1 cm³/mol.